The molecule has 0 saturated carbocycles. The Hall–Kier alpha value is -2.67. The predicted molar refractivity (Wildman–Crippen MR) is 89.9 cm³/mol. The van der Waals surface area contributed by atoms with Gasteiger partial charge in [-0.1, -0.05) is 19.1 Å². The Morgan fingerprint density at radius 3 is 2.92 bits per heavy atom. The maximum absolute atomic E-state index is 14.1. The minimum absolute atomic E-state index is 0.00283. The number of nitrogens with one attached hydrogen (secondary N) is 1. The molecule has 1 aromatic heterocycles. The van der Waals surface area contributed by atoms with Crippen molar-refractivity contribution in [2.75, 3.05) is 0 Å². The van der Waals surface area contributed by atoms with Crippen LogP contribution in [0.1, 0.15) is 43.1 Å². The number of nitrogens with zero attached hydrogens (tertiary/aromatic N) is 1. The molecule has 0 radical (unpaired) electrons. The van der Waals surface area contributed by atoms with Crippen LogP contribution in [0.2, 0.25) is 0 Å². The Bertz CT molecular complexity index is 871. The van der Waals surface area contributed by atoms with Gasteiger partial charge in [0.1, 0.15) is 17.5 Å². The van der Waals surface area contributed by atoms with Gasteiger partial charge < -0.3 is 14.6 Å². The van der Waals surface area contributed by atoms with E-state index in [1.807, 2.05) is 6.92 Å². The molecule has 25 heavy (non-hydrogen) atoms. The van der Waals surface area contributed by atoms with Gasteiger partial charge in [0.2, 0.25) is 12.2 Å². The lowest BCUT2D eigenvalue weighted by Crippen LogP contribution is -2.26. The molecular formula is C18H19FN2O4. The van der Waals surface area contributed by atoms with E-state index in [9.17, 15) is 14.3 Å². The van der Waals surface area contributed by atoms with E-state index in [-0.39, 0.29) is 17.5 Å². The van der Waals surface area contributed by atoms with Gasteiger partial charge in [-0.2, -0.15) is 4.98 Å². The van der Waals surface area contributed by atoms with E-state index < -0.39 is 23.8 Å². The van der Waals surface area contributed by atoms with Crippen LogP contribution in [0.5, 0.6) is 11.9 Å². The number of aromatic nitrogens is 2. The molecule has 0 fully saturated rings. The lowest BCUT2D eigenvalue weighted by atomic mass is 10.0. The van der Waals surface area contributed by atoms with Gasteiger partial charge in [0.05, 0.1) is 0 Å². The van der Waals surface area contributed by atoms with Crippen molar-refractivity contribution in [3.05, 3.63) is 57.1 Å². The second-order valence-corrected chi connectivity index (χ2v) is 5.84. The number of aromatic amines is 1. The van der Waals surface area contributed by atoms with Crippen LogP contribution >= 0.6 is 0 Å². The molecule has 0 amide bonds. The monoisotopic (exact) mass is 346 g/mol. The minimum atomic E-state index is -1.17. The molecule has 6 nitrogen and oxygen atoms in total. The van der Waals surface area contributed by atoms with Crippen LogP contribution in [0, 0.1) is 12.7 Å². The number of rotatable bonds is 4. The van der Waals surface area contributed by atoms with Gasteiger partial charge in [0.25, 0.3) is 11.6 Å². The summed E-state index contributed by atoms with van der Waals surface area (Å²) in [5, 5.41) is 9.73. The Morgan fingerprint density at radius 1 is 1.48 bits per heavy atom. The smallest absolute Gasteiger partial charge is 0.300 e. The summed E-state index contributed by atoms with van der Waals surface area (Å²) < 4.78 is 24.9. The first kappa shape index (κ1) is 17.2. The molecule has 3 rings (SSSR count). The molecule has 2 heterocycles. The zero-order valence-corrected chi connectivity index (χ0v) is 14.2. The number of fused-ring (bicyclic) bond motifs is 1. The number of ether oxygens (including phenoxy) is 2. The van der Waals surface area contributed by atoms with Crippen molar-refractivity contribution in [2.45, 2.75) is 39.6 Å². The second-order valence-electron chi connectivity index (χ2n) is 5.84. The Labute approximate surface area is 144 Å². The average Bonchev–Trinajstić information content (AvgIpc) is 2.53. The Balaban J connectivity index is 1.95. The topological polar surface area (TPSA) is 84.4 Å². The van der Waals surface area contributed by atoms with Crippen molar-refractivity contribution >= 4 is 5.57 Å². The fourth-order valence-electron chi connectivity index (χ4n) is 2.94. The molecule has 1 aromatic carbocycles. The molecule has 0 saturated heterocycles. The number of hydrogen-bond acceptors (Lipinski definition) is 5. The van der Waals surface area contributed by atoms with Crippen LogP contribution in [0.15, 0.2) is 29.1 Å². The quantitative estimate of drug-likeness (QED) is 0.889. The lowest BCUT2D eigenvalue weighted by molar-refractivity contribution is 0.0174. The third kappa shape index (κ3) is 3.28. The van der Waals surface area contributed by atoms with E-state index in [1.54, 1.807) is 26.0 Å². The first-order chi connectivity index (χ1) is 11.9. The zero-order chi connectivity index (χ0) is 18.1. The molecule has 0 spiro atoms. The number of aryl methyl sites for hydroxylation is 1. The van der Waals surface area contributed by atoms with E-state index >= 15 is 0 Å². The molecule has 132 valence electrons. The highest BCUT2D eigenvalue weighted by atomic mass is 19.1. The van der Waals surface area contributed by atoms with E-state index in [1.165, 1.54) is 12.1 Å². The highest BCUT2D eigenvalue weighted by Gasteiger charge is 2.25. The summed E-state index contributed by atoms with van der Waals surface area (Å²) in [6, 6.07) is 4.65. The minimum Gasteiger partial charge on any atom is -0.457 e. The fourth-order valence-corrected chi connectivity index (χ4v) is 2.94. The van der Waals surface area contributed by atoms with E-state index in [0.717, 1.165) is 5.56 Å². The normalized spacial score (nSPS) is 17.3. The first-order valence-electron chi connectivity index (χ1n) is 8.02. The Morgan fingerprint density at radius 2 is 2.24 bits per heavy atom. The summed E-state index contributed by atoms with van der Waals surface area (Å²) in [6.45, 7) is 5.30. The summed E-state index contributed by atoms with van der Waals surface area (Å²) in [4.78, 5) is 19.0. The van der Waals surface area contributed by atoms with Crippen LogP contribution in [-0.2, 0) is 0 Å². The molecule has 2 N–H and O–H groups in total. The molecule has 1 aliphatic rings. The largest absolute Gasteiger partial charge is 0.457 e. The van der Waals surface area contributed by atoms with Gasteiger partial charge in [0.15, 0.2) is 0 Å². The van der Waals surface area contributed by atoms with Gasteiger partial charge in [0, 0.05) is 5.56 Å². The van der Waals surface area contributed by atoms with Gasteiger partial charge in [-0.15, -0.1) is 0 Å². The SMILES string of the molecule is CCC1=CC(O)Oc2nc(OC(C)c3c(C)cccc3F)[nH]c(=O)c21. The van der Waals surface area contributed by atoms with E-state index in [0.29, 0.717) is 17.6 Å². The average molecular weight is 346 g/mol. The molecule has 0 aliphatic carbocycles. The molecule has 7 heteroatoms. The highest BCUT2D eigenvalue weighted by Crippen LogP contribution is 2.31. The summed E-state index contributed by atoms with van der Waals surface area (Å²) in [5.74, 6) is -0.390. The first-order valence-corrected chi connectivity index (χ1v) is 8.02. The number of hydrogen-bond donors (Lipinski definition) is 2. The van der Waals surface area contributed by atoms with Crippen molar-refractivity contribution in [2.24, 2.45) is 0 Å². The summed E-state index contributed by atoms with van der Waals surface area (Å²) in [7, 11) is 0. The fraction of sp³-hybridized carbons (Fsp3) is 0.333. The Kier molecular flexibility index (Phi) is 4.59. The zero-order valence-electron chi connectivity index (χ0n) is 14.2. The van der Waals surface area contributed by atoms with Gasteiger partial charge in [-0.3, -0.25) is 9.78 Å². The van der Waals surface area contributed by atoms with Crippen LogP contribution < -0.4 is 15.0 Å². The molecule has 2 unspecified atom stereocenters. The summed E-state index contributed by atoms with van der Waals surface area (Å²) in [5.41, 5.74) is 1.60. The third-order valence-electron chi connectivity index (χ3n) is 4.11. The highest BCUT2D eigenvalue weighted by molar-refractivity contribution is 5.70. The molecular weight excluding hydrogens is 327 g/mol. The van der Waals surface area contributed by atoms with Crippen LogP contribution in [0.4, 0.5) is 4.39 Å². The van der Waals surface area contributed by atoms with Crippen LogP contribution in [0.25, 0.3) is 5.57 Å². The predicted octanol–water partition coefficient (Wildman–Crippen LogP) is 2.86. The van der Waals surface area contributed by atoms with Gasteiger partial charge >= 0.3 is 0 Å². The molecule has 0 bridgehead atoms. The van der Waals surface area contributed by atoms with Crippen molar-refractivity contribution in [3.8, 4) is 11.9 Å². The number of benzene rings is 1. The maximum atomic E-state index is 14.1. The number of H-pyrrole nitrogens is 1. The number of aliphatic hydroxyl groups is 1. The number of allylic oxidation sites excluding steroid dienone is 1. The van der Waals surface area contributed by atoms with Crippen LogP contribution in [-0.4, -0.2) is 21.4 Å². The standard InChI is InChI=1S/C18H19FN2O4/c1-4-11-8-13(22)25-17-15(11)16(23)20-18(21-17)24-10(3)14-9(2)6-5-7-12(14)19/h5-8,10,13,22H,4H2,1-3H3,(H,20,21,23). The molecule has 1 aliphatic heterocycles. The van der Waals surface area contributed by atoms with Crippen LogP contribution in [0.3, 0.4) is 0 Å². The second kappa shape index (κ2) is 6.68. The molecule has 2 atom stereocenters. The maximum Gasteiger partial charge on any atom is 0.300 e. The molecule has 2 aromatic rings. The lowest BCUT2D eigenvalue weighted by Gasteiger charge is -2.21. The number of halogens is 1. The van der Waals surface area contributed by atoms with Crippen molar-refractivity contribution in [3.63, 3.8) is 0 Å². The van der Waals surface area contributed by atoms with Crippen molar-refractivity contribution in [1.82, 2.24) is 9.97 Å². The van der Waals surface area contributed by atoms with Gasteiger partial charge in [-0.05, 0) is 43.5 Å². The van der Waals surface area contributed by atoms with Gasteiger partial charge in [-0.25, -0.2) is 4.39 Å². The number of aliphatic hydroxyl groups excluding tert-OH is 1. The van der Waals surface area contributed by atoms with Crippen molar-refractivity contribution in [1.29, 1.82) is 0 Å². The van der Waals surface area contributed by atoms with E-state index in [4.69, 9.17) is 9.47 Å². The van der Waals surface area contributed by atoms with E-state index in [2.05, 4.69) is 9.97 Å². The third-order valence-corrected chi connectivity index (χ3v) is 4.11. The summed E-state index contributed by atoms with van der Waals surface area (Å²) in [6.07, 6.45) is 0.168. The van der Waals surface area contributed by atoms with Crippen molar-refractivity contribution < 1.29 is 19.0 Å². The summed E-state index contributed by atoms with van der Waals surface area (Å²) >= 11 is 0.